The lowest BCUT2D eigenvalue weighted by atomic mass is 9.93. The summed E-state index contributed by atoms with van der Waals surface area (Å²) in [6.45, 7) is 9.32. The van der Waals surface area contributed by atoms with Crippen LogP contribution in [-0.2, 0) is 0 Å². The largest absolute Gasteiger partial charge is 0.312 e. The number of hydrogen-bond donors (Lipinski definition) is 1. The molecule has 1 aliphatic heterocycles. The van der Waals surface area contributed by atoms with Crippen molar-refractivity contribution in [1.82, 2.24) is 10.2 Å². The summed E-state index contributed by atoms with van der Waals surface area (Å²) in [6, 6.07) is 9.90. The van der Waals surface area contributed by atoms with E-state index in [2.05, 4.69) is 62.3 Å². The van der Waals surface area contributed by atoms with Crippen LogP contribution in [0.3, 0.4) is 0 Å². The van der Waals surface area contributed by atoms with Crippen LogP contribution in [0, 0.1) is 12.8 Å². The van der Waals surface area contributed by atoms with Gasteiger partial charge in [0.05, 0.1) is 0 Å². The van der Waals surface area contributed by atoms with Crippen LogP contribution in [0.5, 0.6) is 0 Å². The summed E-state index contributed by atoms with van der Waals surface area (Å²) in [5.41, 5.74) is 2.83. The quantitative estimate of drug-likeness (QED) is 0.893. The summed E-state index contributed by atoms with van der Waals surface area (Å²) in [5, 5.41) is 3.50. The van der Waals surface area contributed by atoms with E-state index in [-0.39, 0.29) is 0 Å². The van der Waals surface area contributed by atoms with Gasteiger partial charge in [0, 0.05) is 25.2 Å². The zero-order valence-electron chi connectivity index (χ0n) is 12.8. The molecule has 0 bridgehead atoms. The minimum absolute atomic E-state index is 0.439. The molecule has 2 nitrogen and oxygen atoms in total. The van der Waals surface area contributed by atoms with Crippen molar-refractivity contribution >= 4 is 0 Å². The molecule has 0 amide bonds. The highest BCUT2D eigenvalue weighted by atomic mass is 15.2. The summed E-state index contributed by atoms with van der Waals surface area (Å²) in [6.07, 6.45) is 2.72. The van der Waals surface area contributed by atoms with Crippen LogP contribution in [0.1, 0.15) is 43.9 Å². The van der Waals surface area contributed by atoms with E-state index in [1.165, 1.54) is 30.5 Å². The number of likely N-dealkylation sites (N-methyl/N-ethyl adjacent to an activating group) is 1. The van der Waals surface area contributed by atoms with E-state index < -0.39 is 0 Å². The standard InChI is InChI=1S/C17H28N2/c1-13-9-10-15(3)19(11-13)12-17(18-4)16-8-6-5-7-14(16)2/h5-8,13,15,17-18H,9-12H2,1-4H3. The molecule has 1 aliphatic rings. The molecule has 106 valence electrons. The predicted octanol–water partition coefficient (Wildman–Crippen LogP) is 3.38. The van der Waals surface area contributed by atoms with Crippen LogP contribution in [0.2, 0.25) is 0 Å². The molecule has 2 rings (SSSR count). The van der Waals surface area contributed by atoms with E-state index in [0.29, 0.717) is 6.04 Å². The zero-order valence-corrected chi connectivity index (χ0v) is 12.8. The Hall–Kier alpha value is -0.860. The molecule has 0 aromatic heterocycles. The van der Waals surface area contributed by atoms with Crippen LogP contribution in [0.25, 0.3) is 0 Å². The van der Waals surface area contributed by atoms with Crippen molar-refractivity contribution in [3.8, 4) is 0 Å². The van der Waals surface area contributed by atoms with Crippen molar-refractivity contribution in [3.05, 3.63) is 35.4 Å². The second-order valence-corrected chi connectivity index (χ2v) is 6.18. The van der Waals surface area contributed by atoms with E-state index in [1.54, 1.807) is 0 Å². The van der Waals surface area contributed by atoms with Gasteiger partial charge in [-0.3, -0.25) is 4.90 Å². The fourth-order valence-corrected chi connectivity index (χ4v) is 3.19. The van der Waals surface area contributed by atoms with Crippen molar-refractivity contribution < 1.29 is 0 Å². The maximum atomic E-state index is 3.50. The third-order valence-electron chi connectivity index (χ3n) is 4.58. The van der Waals surface area contributed by atoms with Crippen molar-refractivity contribution in [1.29, 1.82) is 0 Å². The van der Waals surface area contributed by atoms with Gasteiger partial charge in [0.2, 0.25) is 0 Å². The summed E-state index contributed by atoms with van der Waals surface area (Å²) >= 11 is 0. The molecule has 19 heavy (non-hydrogen) atoms. The first-order valence-electron chi connectivity index (χ1n) is 7.58. The Morgan fingerprint density at radius 1 is 1.26 bits per heavy atom. The van der Waals surface area contributed by atoms with Crippen LogP contribution in [-0.4, -0.2) is 31.1 Å². The lowest BCUT2D eigenvalue weighted by Gasteiger charge is -2.39. The van der Waals surface area contributed by atoms with E-state index >= 15 is 0 Å². The lowest BCUT2D eigenvalue weighted by molar-refractivity contribution is 0.113. The number of likely N-dealkylation sites (tertiary alicyclic amines) is 1. The summed E-state index contributed by atoms with van der Waals surface area (Å²) in [4.78, 5) is 2.65. The predicted molar refractivity (Wildman–Crippen MR) is 82.4 cm³/mol. The smallest absolute Gasteiger partial charge is 0.0449 e. The van der Waals surface area contributed by atoms with Gasteiger partial charge in [-0.05, 0) is 50.8 Å². The SMILES string of the molecule is CNC(CN1CC(C)CCC1C)c1ccccc1C. The highest BCUT2D eigenvalue weighted by molar-refractivity contribution is 5.29. The normalized spacial score (nSPS) is 26.3. The van der Waals surface area contributed by atoms with Crippen LogP contribution in [0.4, 0.5) is 0 Å². The first-order chi connectivity index (χ1) is 9.11. The fourth-order valence-electron chi connectivity index (χ4n) is 3.19. The highest BCUT2D eigenvalue weighted by Gasteiger charge is 2.25. The minimum Gasteiger partial charge on any atom is -0.312 e. The Morgan fingerprint density at radius 3 is 2.68 bits per heavy atom. The van der Waals surface area contributed by atoms with Gasteiger partial charge in [-0.25, -0.2) is 0 Å². The maximum absolute atomic E-state index is 3.50. The second-order valence-electron chi connectivity index (χ2n) is 6.18. The first-order valence-corrected chi connectivity index (χ1v) is 7.58. The molecular weight excluding hydrogens is 232 g/mol. The van der Waals surface area contributed by atoms with Gasteiger partial charge in [-0.1, -0.05) is 31.2 Å². The summed E-state index contributed by atoms with van der Waals surface area (Å²) in [5.74, 6) is 0.838. The molecule has 1 fully saturated rings. The summed E-state index contributed by atoms with van der Waals surface area (Å²) in [7, 11) is 2.08. The molecule has 1 heterocycles. The van der Waals surface area contributed by atoms with Crippen molar-refractivity contribution in [2.45, 2.75) is 45.7 Å². The maximum Gasteiger partial charge on any atom is 0.0449 e. The van der Waals surface area contributed by atoms with Gasteiger partial charge in [0.1, 0.15) is 0 Å². The fraction of sp³-hybridized carbons (Fsp3) is 0.647. The van der Waals surface area contributed by atoms with Gasteiger partial charge < -0.3 is 5.32 Å². The number of nitrogens with one attached hydrogen (secondary N) is 1. The number of benzene rings is 1. The van der Waals surface area contributed by atoms with Gasteiger partial charge in [0.25, 0.3) is 0 Å². The Bertz CT molecular complexity index is 402. The monoisotopic (exact) mass is 260 g/mol. The molecular formula is C17H28N2. The molecule has 2 heteroatoms. The molecule has 0 aliphatic carbocycles. The number of aryl methyl sites for hydroxylation is 1. The van der Waals surface area contributed by atoms with Crippen molar-refractivity contribution in [3.63, 3.8) is 0 Å². The number of rotatable bonds is 4. The molecule has 1 aromatic rings. The van der Waals surface area contributed by atoms with Crippen molar-refractivity contribution in [2.75, 3.05) is 20.1 Å². The van der Waals surface area contributed by atoms with Gasteiger partial charge >= 0.3 is 0 Å². The molecule has 1 saturated heterocycles. The Morgan fingerprint density at radius 2 is 2.00 bits per heavy atom. The average molecular weight is 260 g/mol. The Kier molecular flexibility index (Phi) is 5.00. The lowest BCUT2D eigenvalue weighted by Crippen LogP contribution is -2.45. The van der Waals surface area contributed by atoms with E-state index in [9.17, 15) is 0 Å². The number of nitrogens with zero attached hydrogens (tertiary/aromatic N) is 1. The van der Waals surface area contributed by atoms with Crippen LogP contribution < -0.4 is 5.32 Å². The molecule has 0 radical (unpaired) electrons. The molecule has 1 N–H and O–H groups in total. The van der Waals surface area contributed by atoms with Crippen molar-refractivity contribution in [2.24, 2.45) is 5.92 Å². The van der Waals surface area contributed by atoms with E-state index in [1.807, 2.05) is 0 Å². The Balaban J connectivity index is 2.08. The minimum atomic E-state index is 0.439. The number of piperidine rings is 1. The third kappa shape index (κ3) is 3.58. The highest BCUT2D eigenvalue weighted by Crippen LogP contribution is 2.25. The van der Waals surface area contributed by atoms with Crippen LogP contribution >= 0.6 is 0 Å². The molecule has 3 atom stereocenters. The molecule has 0 spiro atoms. The third-order valence-corrected chi connectivity index (χ3v) is 4.58. The van der Waals surface area contributed by atoms with Gasteiger partial charge in [0.15, 0.2) is 0 Å². The molecule has 3 unspecified atom stereocenters. The average Bonchev–Trinajstić information content (AvgIpc) is 2.41. The molecule has 0 saturated carbocycles. The number of hydrogen-bond acceptors (Lipinski definition) is 2. The molecule has 1 aromatic carbocycles. The Labute approximate surface area is 118 Å². The van der Waals surface area contributed by atoms with E-state index in [0.717, 1.165) is 18.5 Å². The summed E-state index contributed by atoms with van der Waals surface area (Å²) < 4.78 is 0. The topological polar surface area (TPSA) is 15.3 Å². The second kappa shape index (κ2) is 6.53. The zero-order chi connectivity index (χ0) is 13.8. The van der Waals surface area contributed by atoms with Gasteiger partial charge in [-0.15, -0.1) is 0 Å². The van der Waals surface area contributed by atoms with Gasteiger partial charge in [-0.2, -0.15) is 0 Å². The van der Waals surface area contributed by atoms with E-state index in [4.69, 9.17) is 0 Å². The first kappa shape index (κ1) is 14.5. The van der Waals surface area contributed by atoms with Crippen LogP contribution in [0.15, 0.2) is 24.3 Å².